The predicted octanol–water partition coefficient (Wildman–Crippen LogP) is 2.64. The average molecular weight is 275 g/mol. The summed E-state index contributed by atoms with van der Waals surface area (Å²) in [5, 5.41) is 2.71. The lowest BCUT2D eigenvalue weighted by Crippen LogP contribution is -2.29. The highest BCUT2D eigenvalue weighted by atomic mass is 16.1. The number of carbonyl (C=O) groups is 1. The Hall–Kier alpha value is -1.71. The first-order valence-corrected chi connectivity index (χ1v) is 7.29. The zero-order chi connectivity index (χ0) is 14.8. The van der Waals surface area contributed by atoms with Crippen LogP contribution >= 0.6 is 0 Å². The van der Waals surface area contributed by atoms with E-state index in [4.69, 9.17) is 5.73 Å². The molecular weight excluding hydrogens is 250 g/mol. The lowest BCUT2D eigenvalue weighted by atomic mass is 9.85. The number of rotatable bonds is 2. The fraction of sp³-hybridized carbons (Fsp3) is 0.562. The third kappa shape index (κ3) is 3.24. The van der Waals surface area contributed by atoms with Crippen LogP contribution in [0.15, 0.2) is 18.2 Å². The first-order valence-electron chi connectivity index (χ1n) is 7.29. The van der Waals surface area contributed by atoms with Crippen molar-refractivity contribution in [2.45, 2.75) is 33.1 Å². The largest absolute Gasteiger partial charge is 0.399 e. The van der Waals surface area contributed by atoms with Crippen molar-refractivity contribution in [2.24, 2.45) is 5.41 Å². The fourth-order valence-corrected chi connectivity index (χ4v) is 2.80. The maximum absolute atomic E-state index is 12.0. The molecule has 2 rings (SSSR count). The van der Waals surface area contributed by atoms with Crippen molar-refractivity contribution in [2.75, 3.05) is 30.8 Å². The summed E-state index contributed by atoms with van der Waals surface area (Å²) < 4.78 is 0. The van der Waals surface area contributed by atoms with Gasteiger partial charge in [-0.15, -0.1) is 0 Å². The van der Waals surface area contributed by atoms with Crippen LogP contribution < -0.4 is 16.0 Å². The second-order valence-electron chi connectivity index (χ2n) is 6.36. The second-order valence-corrected chi connectivity index (χ2v) is 6.36. The number of nitrogens with two attached hydrogens (primary N) is 1. The van der Waals surface area contributed by atoms with Gasteiger partial charge in [0.25, 0.3) is 5.91 Å². The Morgan fingerprint density at radius 1 is 1.30 bits per heavy atom. The minimum absolute atomic E-state index is 0.0523. The minimum atomic E-state index is -0.0523. The van der Waals surface area contributed by atoms with Crippen LogP contribution in [0.4, 0.5) is 11.4 Å². The van der Waals surface area contributed by atoms with E-state index in [1.807, 2.05) is 12.1 Å². The lowest BCUT2D eigenvalue weighted by Gasteiger charge is -2.26. The Morgan fingerprint density at radius 3 is 2.75 bits per heavy atom. The van der Waals surface area contributed by atoms with Crippen LogP contribution in [0, 0.1) is 5.41 Å². The number of nitrogens with zero attached hydrogens (tertiary/aromatic N) is 1. The van der Waals surface area contributed by atoms with Gasteiger partial charge in [-0.3, -0.25) is 4.79 Å². The van der Waals surface area contributed by atoms with Crippen molar-refractivity contribution in [1.29, 1.82) is 0 Å². The van der Waals surface area contributed by atoms with Crippen LogP contribution in [0.25, 0.3) is 0 Å². The SMILES string of the molecule is CNC(=O)c1ccc(N)cc1N1CCCC(C)(C)CC1. The third-order valence-corrected chi connectivity index (χ3v) is 4.17. The smallest absolute Gasteiger partial charge is 0.253 e. The molecular formula is C16H25N3O. The van der Waals surface area contributed by atoms with Crippen molar-refractivity contribution in [3.05, 3.63) is 23.8 Å². The summed E-state index contributed by atoms with van der Waals surface area (Å²) in [6, 6.07) is 5.53. The van der Waals surface area contributed by atoms with E-state index in [2.05, 4.69) is 24.1 Å². The highest BCUT2D eigenvalue weighted by Crippen LogP contribution is 2.33. The first kappa shape index (κ1) is 14.7. The van der Waals surface area contributed by atoms with Gasteiger partial charge in [-0.05, 0) is 42.9 Å². The maximum Gasteiger partial charge on any atom is 0.253 e. The molecule has 20 heavy (non-hydrogen) atoms. The Labute approximate surface area is 121 Å². The van der Waals surface area contributed by atoms with Gasteiger partial charge in [0.15, 0.2) is 0 Å². The molecule has 1 aliphatic heterocycles. The second kappa shape index (κ2) is 5.73. The monoisotopic (exact) mass is 275 g/mol. The van der Waals surface area contributed by atoms with Crippen molar-refractivity contribution in [3.8, 4) is 0 Å². The zero-order valence-electron chi connectivity index (χ0n) is 12.7. The Morgan fingerprint density at radius 2 is 2.05 bits per heavy atom. The number of nitrogen functional groups attached to an aromatic ring is 1. The molecule has 0 bridgehead atoms. The number of benzene rings is 1. The molecule has 1 heterocycles. The number of amides is 1. The number of anilines is 2. The molecule has 1 aromatic carbocycles. The predicted molar refractivity (Wildman–Crippen MR) is 84.1 cm³/mol. The summed E-state index contributed by atoms with van der Waals surface area (Å²) in [4.78, 5) is 14.3. The summed E-state index contributed by atoms with van der Waals surface area (Å²) in [6.45, 7) is 6.59. The molecule has 0 saturated carbocycles. The molecule has 4 heteroatoms. The summed E-state index contributed by atoms with van der Waals surface area (Å²) >= 11 is 0. The third-order valence-electron chi connectivity index (χ3n) is 4.17. The van der Waals surface area contributed by atoms with Crippen LogP contribution in [-0.2, 0) is 0 Å². The van der Waals surface area contributed by atoms with E-state index in [1.165, 1.54) is 6.42 Å². The Kier molecular flexibility index (Phi) is 4.21. The molecule has 1 aliphatic rings. The molecule has 1 fully saturated rings. The molecule has 0 unspecified atom stereocenters. The van der Waals surface area contributed by atoms with E-state index in [0.717, 1.165) is 31.6 Å². The average Bonchev–Trinajstić information content (AvgIpc) is 2.58. The number of carbonyl (C=O) groups excluding carboxylic acids is 1. The molecule has 4 nitrogen and oxygen atoms in total. The molecule has 3 N–H and O–H groups in total. The summed E-state index contributed by atoms with van der Waals surface area (Å²) in [5.74, 6) is -0.0523. The fourth-order valence-electron chi connectivity index (χ4n) is 2.80. The zero-order valence-corrected chi connectivity index (χ0v) is 12.7. The maximum atomic E-state index is 12.0. The highest BCUT2D eigenvalue weighted by Gasteiger charge is 2.25. The van der Waals surface area contributed by atoms with Gasteiger partial charge in [-0.2, -0.15) is 0 Å². The van der Waals surface area contributed by atoms with Crippen molar-refractivity contribution in [1.82, 2.24) is 5.32 Å². The van der Waals surface area contributed by atoms with E-state index >= 15 is 0 Å². The standard InChI is InChI=1S/C16H25N3O/c1-16(2)7-4-9-19(10-8-16)14-11-12(17)5-6-13(14)15(20)18-3/h5-6,11H,4,7-10,17H2,1-3H3,(H,18,20). The number of hydrogen-bond acceptors (Lipinski definition) is 3. The minimum Gasteiger partial charge on any atom is -0.399 e. The summed E-state index contributed by atoms with van der Waals surface area (Å²) in [7, 11) is 1.66. The van der Waals surface area contributed by atoms with E-state index in [1.54, 1.807) is 13.1 Å². The molecule has 0 aromatic heterocycles. The van der Waals surface area contributed by atoms with Gasteiger partial charge in [0.05, 0.1) is 11.3 Å². The van der Waals surface area contributed by atoms with Crippen LogP contribution in [0.5, 0.6) is 0 Å². The van der Waals surface area contributed by atoms with Gasteiger partial charge < -0.3 is 16.0 Å². The normalized spacial score (nSPS) is 18.4. The summed E-state index contributed by atoms with van der Waals surface area (Å²) in [6.07, 6.45) is 3.51. The van der Waals surface area contributed by atoms with E-state index in [-0.39, 0.29) is 5.91 Å². The van der Waals surface area contributed by atoms with Crippen LogP contribution in [0.1, 0.15) is 43.5 Å². The van der Waals surface area contributed by atoms with Gasteiger partial charge in [0, 0.05) is 25.8 Å². The molecule has 110 valence electrons. The molecule has 0 spiro atoms. The highest BCUT2D eigenvalue weighted by molar-refractivity contribution is 6.00. The van der Waals surface area contributed by atoms with E-state index < -0.39 is 0 Å². The van der Waals surface area contributed by atoms with Crippen LogP contribution in [0.3, 0.4) is 0 Å². The van der Waals surface area contributed by atoms with Gasteiger partial charge in [0.2, 0.25) is 0 Å². The molecule has 0 aliphatic carbocycles. The van der Waals surface area contributed by atoms with E-state index in [9.17, 15) is 4.79 Å². The van der Waals surface area contributed by atoms with Gasteiger partial charge in [-0.1, -0.05) is 13.8 Å². The molecule has 1 saturated heterocycles. The van der Waals surface area contributed by atoms with Gasteiger partial charge >= 0.3 is 0 Å². The van der Waals surface area contributed by atoms with Crippen LogP contribution in [0.2, 0.25) is 0 Å². The Bertz CT molecular complexity index is 496. The number of nitrogens with one attached hydrogen (secondary N) is 1. The van der Waals surface area contributed by atoms with E-state index in [0.29, 0.717) is 16.7 Å². The van der Waals surface area contributed by atoms with Gasteiger partial charge in [0.1, 0.15) is 0 Å². The molecule has 0 atom stereocenters. The van der Waals surface area contributed by atoms with Crippen molar-refractivity contribution in [3.63, 3.8) is 0 Å². The molecule has 1 amide bonds. The topological polar surface area (TPSA) is 58.4 Å². The Balaban J connectivity index is 2.31. The first-order chi connectivity index (χ1) is 9.43. The summed E-state index contributed by atoms with van der Waals surface area (Å²) in [5.41, 5.74) is 8.66. The quantitative estimate of drug-likeness (QED) is 0.816. The molecule has 1 aromatic rings. The van der Waals surface area contributed by atoms with Crippen molar-refractivity contribution < 1.29 is 4.79 Å². The van der Waals surface area contributed by atoms with Gasteiger partial charge in [-0.25, -0.2) is 0 Å². The van der Waals surface area contributed by atoms with Crippen molar-refractivity contribution >= 4 is 17.3 Å². The lowest BCUT2D eigenvalue weighted by molar-refractivity contribution is 0.0963. The molecule has 0 radical (unpaired) electrons. The van der Waals surface area contributed by atoms with Crippen LogP contribution in [-0.4, -0.2) is 26.0 Å². The number of hydrogen-bond donors (Lipinski definition) is 2.